The van der Waals surface area contributed by atoms with Crippen LogP contribution in [0.3, 0.4) is 0 Å². The van der Waals surface area contributed by atoms with Crippen molar-refractivity contribution in [1.82, 2.24) is 4.90 Å². The van der Waals surface area contributed by atoms with Gasteiger partial charge in [-0.05, 0) is 44.5 Å². The molecule has 0 bridgehead atoms. The fourth-order valence-electron chi connectivity index (χ4n) is 3.32. The Labute approximate surface area is 120 Å². The number of nitrogens with zero attached hydrogens (tertiary/aromatic N) is 2. The van der Waals surface area contributed by atoms with E-state index in [0.29, 0.717) is 11.0 Å². The van der Waals surface area contributed by atoms with Gasteiger partial charge in [0.25, 0.3) is 0 Å². The molecule has 0 aliphatic carbocycles. The molecule has 1 aromatic rings. The minimum Gasteiger partial charge on any atom is -0.389 e. The van der Waals surface area contributed by atoms with E-state index in [1.54, 1.807) is 0 Å². The van der Waals surface area contributed by atoms with Crippen LogP contribution in [0.4, 0.5) is 5.69 Å². The average Bonchev–Trinajstić information content (AvgIpc) is 3.09. The Bertz CT molecular complexity index is 468. The van der Waals surface area contributed by atoms with Gasteiger partial charge in [0.2, 0.25) is 0 Å². The van der Waals surface area contributed by atoms with Crippen molar-refractivity contribution in [2.75, 3.05) is 31.1 Å². The predicted molar refractivity (Wildman–Crippen MR) is 83.8 cm³/mol. The maximum absolute atomic E-state index is 5.83. The van der Waals surface area contributed by atoms with Crippen molar-refractivity contribution in [2.45, 2.75) is 25.3 Å². The average molecular weight is 275 g/mol. The molecule has 0 spiro atoms. The summed E-state index contributed by atoms with van der Waals surface area (Å²) in [6.45, 7) is 4.77. The first-order valence-electron chi connectivity index (χ1n) is 7.13. The largest absolute Gasteiger partial charge is 0.389 e. The second-order valence-electron chi connectivity index (χ2n) is 5.51. The summed E-state index contributed by atoms with van der Waals surface area (Å²) in [4.78, 5) is 5.58. The lowest BCUT2D eigenvalue weighted by molar-refractivity contribution is 0.260. The molecule has 0 aromatic heterocycles. The van der Waals surface area contributed by atoms with Gasteiger partial charge in [0.05, 0.1) is 0 Å². The van der Waals surface area contributed by atoms with Crippen molar-refractivity contribution < 1.29 is 0 Å². The second kappa shape index (κ2) is 5.47. The SMILES string of the molecule is NC(=S)c1ccccc1N1CCC(N2CCCC2)C1. The zero-order valence-corrected chi connectivity index (χ0v) is 12.0. The van der Waals surface area contributed by atoms with Crippen LogP contribution in [0, 0.1) is 0 Å². The molecule has 2 fully saturated rings. The first-order chi connectivity index (χ1) is 9.25. The molecule has 2 aliphatic heterocycles. The lowest BCUT2D eigenvalue weighted by Gasteiger charge is -2.25. The van der Waals surface area contributed by atoms with Gasteiger partial charge in [-0.1, -0.05) is 24.4 Å². The van der Waals surface area contributed by atoms with Gasteiger partial charge in [-0.15, -0.1) is 0 Å². The van der Waals surface area contributed by atoms with Gasteiger partial charge in [-0.3, -0.25) is 4.90 Å². The third-order valence-electron chi connectivity index (χ3n) is 4.33. The van der Waals surface area contributed by atoms with E-state index < -0.39 is 0 Å². The standard InChI is InChI=1S/C15H21N3S/c16-15(19)13-5-1-2-6-14(13)18-10-7-12(11-18)17-8-3-4-9-17/h1-2,5-6,12H,3-4,7-11H2,(H2,16,19). The van der Waals surface area contributed by atoms with Crippen molar-refractivity contribution >= 4 is 22.9 Å². The fraction of sp³-hybridized carbons (Fsp3) is 0.533. The number of para-hydroxylation sites is 1. The Balaban J connectivity index is 1.75. The summed E-state index contributed by atoms with van der Waals surface area (Å²) < 4.78 is 0. The molecular formula is C15H21N3S. The van der Waals surface area contributed by atoms with E-state index in [4.69, 9.17) is 18.0 Å². The zero-order chi connectivity index (χ0) is 13.2. The van der Waals surface area contributed by atoms with Crippen molar-refractivity contribution in [2.24, 2.45) is 5.73 Å². The number of thiocarbonyl (C=S) groups is 1. The lowest BCUT2D eigenvalue weighted by Crippen LogP contribution is -2.35. The minimum atomic E-state index is 0.500. The maximum atomic E-state index is 5.83. The van der Waals surface area contributed by atoms with E-state index in [-0.39, 0.29) is 0 Å². The minimum absolute atomic E-state index is 0.500. The van der Waals surface area contributed by atoms with E-state index in [2.05, 4.69) is 21.9 Å². The van der Waals surface area contributed by atoms with Crippen molar-refractivity contribution in [3.05, 3.63) is 29.8 Å². The summed E-state index contributed by atoms with van der Waals surface area (Å²) in [6.07, 6.45) is 3.98. The van der Waals surface area contributed by atoms with Crippen molar-refractivity contribution in [1.29, 1.82) is 0 Å². The van der Waals surface area contributed by atoms with Crippen LogP contribution in [0.5, 0.6) is 0 Å². The number of nitrogens with two attached hydrogens (primary N) is 1. The van der Waals surface area contributed by atoms with Gasteiger partial charge in [0.15, 0.2) is 0 Å². The Morgan fingerprint density at radius 1 is 1.16 bits per heavy atom. The number of hydrogen-bond donors (Lipinski definition) is 1. The van der Waals surface area contributed by atoms with Gasteiger partial charge < -0.3 is 10.6 Å². The molecule has 3 rings (SSSR count). The number of rotatable bonds is 3. The van der Waals surface area contributed by atoms with Gasteiger partial charge in [0, 0.05) is 30.4 Å². The number of anilines is 1. The summed E-state index contributed by atoms with van der Waals surface area (Å²) in [6, 6.07) is 8.95. The Kier molecular flexibility index (Phi) is 3.71. The third-order valence-corrected chi connectivity index (χ3v) is 4.55. The zero-order valence-electron chi connectivity index (χ0n) is 11.2. The molecule has 19 heavy (non-hydrogen) atoms. The first-order valence-corrected chi connectivity index (χ1v) is 7.54. The monoisotopic (exact) mass is 275 g/mol. The molecule has 1 atom stereocenters. The summed E-state index contributed by atoms with van der Waals surface area (Å²) in [5.74, 6) is 0. The molecule has 3 nitrogen and oxygen atoms in total. The Morgan fingerprint density at radius 3 is 2.63 bits per heavy atom. The van der Waals surface area contributed by atoms with Crippen LogP contribution in [0.15, 0.2) is 24.3 Å². The van der Waals surface area contributed by atoms with E-state index in [1.165, 1.54) is 38.0 Å². The lowest BCUT2D eigenvalue weighted by atomic mass is 10.1. The number of likely N-dealkylation sites (tertiary alicyclic amines) is 1. The molecular weight excluding hydrogens is 254 g/mol. The molecule has 0 saturated carbocycles. The maximum Gasteiger partial charge on any atom is 0.106 e. The molecule has 0 radical (unpaired) electrons. The first kappa shape index (κ1) is 12.9. The molecule has 4 heteroatoms. The van der Waals surface area contributed by atoms with Crippen LogP contribution in [0.25, 0.3) is 0 Å². The molecule has 2 heterocycles. The fourth-order valence-corrected chi connectivity index (χ4v) is 3.50. The van der Waals surface area contributed by atoms with E-state index in [9.17, 15) is 0 Å². The van der Waals surface area contributed by atoms with Crippen LogP contribution in [0.1, 0.15) is 24.8 Å². The van der Waals surface area contributed by atoms with Gasteiger partial charge in [-0.2, -0.15) is 0 Å². The van der Waals surface area contributed by atoms with Crippen molar-refractivity contribution in [3.8, 4) is 0 Å². The normalized spacial score (nSPS) is 24.0. The molecule has 2 saturated heterocycles. The van der Waals surface area contributed by atoms with Gasteiger partial charge in [-0.25, -0.2) is 0 Å². The quantitative estimate of drug-likeness (QED) is 0.855. The van der Waals surface area contributed by atoms with Gasteiger partial charge >= 0.3 is 0 Å². The number of benzene rings is 1. The van der Waals surface area contributed by atoms with Crippen LogP contribution in [0.2, 0.25) is 0 Å². The summed E-state index contributed by atoms with van der Waals surface area (Å²) in [7, 11) is 0. The van der Waals surface area contributed by atoms with E-state index >= 15 is 0 Å². The Morgan fingerprint density at radius 2 is 1.89 bits per heavy atom. The highest BCUT2D eigenvalue weighted by atomic mass is 32.1. The van der Waals surface area contributed by atoms with Crippen LogP contribution >= 0.6 is 12.2 Å². The van der Waals surface area contributed by atoms with E-state index in [0.717, 1.165) is 18.7 Å². The second-order valence-corrected chi connectivity index (χ2v) is 5.95. The highest BCUT2D eigenvalue weighted by molar-refractivity contribution is 7.80. The predicted octanol–water partition coefficient (Wildman–Crippen LogP) is 2.00. The van der Waals surface area contributed by atoms with E-state index in [1.807, 2.05) is 12.1 Å². The molecule has 2 aliphatic rings. The molecule has 1 unspecified atom stereocenters. The smallest absolute Gasteiger partial charge is 0.106 e. The van der Waals surface area contributed by atoms with Crippen LogP contribution in [-0.4, -0.2) is 42.1 Å². The molecule has 102 valence electrons. The van der Waals surface area contributed by atoms with Gasteiger partial charge in [0.1, 0.15) is 4.99 Å². The molecule has 0 amide bonds. The van der Waals surface area contributed by atoms with Crippen molar-refractivity contribution in [3.63, 3.8) is 0 Å². The summed E-state index contributed by atoms with van der Waals surface area (Å²) in [5.41, 5.74) is 8.05. The molecule has 1 aromatic carbocycles. The van der Waals surface area contributed by atoms with Crippen LogP contribution < -0.4 is 10.6 Å². The molecule has 2 N–H and O–H groups in total. The third kappa shape index (κ3) is 2.60. The number of hydrogen-bond acceptors (Lipinski definition) is 3. The highest BCUT2D eigenvalue weighted by Gasteiger charge is 2.30. The highest BCUT2D eigenvalue weighted by Crippen LogP contribution is 2.27. The Hall–Kier alpha value is -1.13. The summed E-state index contributed by atoms with van der Waals surface area (Å²) in [5, 5.41) is 0. The van der Waals surface area contributed by atoms with Crippen LogP contribution in [-0.2, 0) is 0 Å². The summed E-state index contributed by atoms with van der Waals surface area (Å²) >= 11 is 5.16. The topological polar surface area (TPSA) is 32.5 Å².